The maximum absolute atomic E-state index is 12.8. The molecule has 0 atom stereocenters. The van der Waals surface area contributed by atoms with Crippen molar-refractivity contribution in [2.45, 2.75) is 46.1 Å². The quantitative estimate of drug-likeness (QED) is 0.544. The summed E-state index contributed by atoms with van der Waals surface area (Å²) >= 11 is 10.9. The van der Waals surface area contributed by atoms with Crippen molar-refractivity contribution >= 4 is 28.9 Å². The third-order valence-corrected chi connectivity index (χ3v) is 4.44. The summed E-state index contributed by atoms with van der Waals surface area (Å²) in [6.07, 6.45) is -0.312. The molecule has 0 saturated heterocycles. The number of aryl methyl sites for hydroxylation is 2. The van der Waals surface area contributed by atoms with Crippen LogP contribution >= 0.6 is 23.8 Å². The van der Waals surface area contributed by atoms with Gasteiger partial charge in [0.15, 0.2) is 10.8 Å². The van der Waals surface area contributed by atoms with Crippen LogP contribution in [0.1, 0.15) is 30.3 Å². The van der Waals surface area contributed by atoms with E-state index in [1.54, 1.807) is 6.20 Å². The van der Waals surface area contributed by atoms with Crippen LogP contribution in [0.25, 0.3) is 0 Å². The van der Waals surface area contributed by atoms with Gasteiger partial charge in [-0.3, -0.25) is 9.36 Å². The lowest BCUT2D eigenvalue weighted by Crippen LogP contribution is -2.35. The minimum Gasteiger partial charge on any atom is -0.363 e. The molecule has 2 aromatic rings. The van der Waals surface area contributed by atoms with E-state index < -0.39 is 11.9 Å². The fraction of sp³-hybridized carbons (Fsp3) is 0.533. The van der Waals surface area contributed by atoms with Crippen LogP contribution in [0, 0.1) is 6.92 Å². The molecule has 0 aliphatic heterocycles. The number of alkyl halides is 3. The first-order chi connectivity index (χ1) is 12.2. The minimum absolute atomic E-state index is 0.299. The average Bonchev–Trinajstić information content (AvgIpc) is 3.15. The molecular weight excluding hydrogens is 389 g/mol. The van der Waals surface area contributed by atoms with Crippen LogP contribution in [-0.2, 0) is 25.8 Å². The van der Waals surface area contributed by atoms with Crippen LogP contribution in [0.15, 0.2) is 12.4 Å². The lowest BCUT2D eigenvalue weighted by Gasteiger charge is -2.10. The smallest absolute Gasteiger partial charge is 0.363 e. The molecule has 2 aromatic heterocycles. The molecule has 0 spiro atoms. The van der Waals surface area contributed by atoms with Gasteiger partial charge in [-0.2, -0.15) is 23.4 Å². The second-order valence-corrected chi connectivity index (χ2v) is 6.42. The standard InChI is InChI=1S/C15H20ClF3N6S/c1-3-24-9-11(8-22-24)7-21-14(26)20-5-4-6-25-10(2)12(16)13(23-25)15(17,18)19/h8-9H,3-7H2,1-2H3,(H2,20,21,26). The molecule has 0 unspecified atom stereocenters. The van der Waals surface area contributed by atoms with Gasteiger partial charge in [-0.15, -0.1) is 0 Å². The summed E-state index contributed by atoms with van der Waals surface area (Å²) in [4.78, 5) is 0. The highest BCUT2D eigenvalue weighted by Gasteiger charge is 2.38. The van der Waals surface area contributed by atoms with E-state index in [9.17, 15) is 13.2 Å². The molecule has 144 valence electrons. The normalized spacial score (nSPS) is 11.6. The maximum Gasteiger partial charge on any atom is 0.436 e. The Labute approximate surface area is 159 Å². The highest BCUT2D eigenvalue weighted by Crippen LogP contribution is 2.35. The van der Waals surface area contributed by atoms with Crippen molar-refractivity contribution in [3.05, 3.63) is 34.4 Å². The Morgan fingerprint density at radius 2 is 2.08 bits per heavy atom. The summed E-state index contributed by atoms with van der Waals surface area (Å²) in [5, 5.41) is 13.9. The van der Waals surface area contributed by atoms with E-state index in [0.29, 0.717) is 36.9 Å². The lowest BCUT2D eigenvalue weighted by molar-refractivity contribution is -0.141. The van der Waals surface area contributed by atoms with Gasteiger partial charge in [0.05, 0.1) is 16.9 Å². The molecule has 0 fully saturated rings. The molecule has 0 aliphatic carbocycles. The number of hydrogen-bond donors (Lipinski definition) is 2. The molecule has 2 rings (SSSR count). The molecule has 2 heterocycles. The van der Waals surface area contributed by atoms with Crippen LogP contribution in [-0.4, -0.2) is 31.2 Å². The largest absolute Gasteiger partial charge is 0.436 e. The van der Waals surface area contributed by atoms with Gasteiger partial charge in [0.1, 0.15) is 0 Å². The van der Waals surface area contributed by atoms with E-state index in [0.717, 1.165) is 12.1 Å². The summed E-state index contributed by atoms with van der Waals surface area (Å²) in [6, 6.07) is 0. The average molecular weight is 409 g/mol. The number of hydrogen-bond acceptors (Lipinski definition) is 3. The predicted octanol–water partition coefficient (Wildman–Crippen LogP) is 3.13. The predicted molar refractivity (Wildman–Crippen MR) is 96.9 cm³/mol. The number of rotatable bonds is 7. The molecular formula is C15H20ClF3N6S. The van der Waals surface area contributed by atoms with Gasteiger partial charge in [0, 0.05) is 37.9 Å². The Morgan fingerprint density at radius 3 is 2.65 bits per heavy atom. The van der Waals surface area contributed by atoms with Gasteiger partial charge in [-0.05, 0) is 32.5 Å². The van der Waals surface area contributed by atoms with Crippen LogP contribution in [0.4, 0.5) is 13.2 Å². The van der Waals surface area contributed by atoms with E-state index in [-0.39, 0.29) is 5.02 Å². The Hall–Kier alpha value is -1.81. The van der Waals surface area contributed by atoms with Crippen molar-refractivity contribution in [2.24, 2.45) is 0 Å². The molecule has 2 N–H and O–H groups in total. The summed E-state index contributed by atoms with van der Waals surface area (Å²) in [5.74, 6) is 0. The third kappa shape index (κ3) is 5.34. The number of thiocarbonyl (C=S) groups is 1. The molecule has 0 radical (unpaired) electrons. The van der Waals surface area contributed by atoms with Crippen LogP contribution in [0.2, 0.25) is 5.02 Å². The first-order valence-electron chi connectivity index (χ1n) is 8.05. The fourth-order valence-corrected chi connectivity index (χ4v) is 2.69. The van der Waals surface area contributed by atoms with Crippen molar-refractivity contribution in [2.75, 3.05) is 6.54 Å². The Morgan fingerprint density at radius 1 is 1.35 bits per heavy atom. The van der Waals surface area contributed by atoms with Gasteiger partial charge in [-0.25, -0.2) is 0 Å². The van der Waals surface area contributed by atoms with Gasteiger partial charge in [-0.1, -0.05) is 11.6 Å². The highest BCUT2D eigenvalue weighted by molar-refractivity contribution is 7.80. The number of halogens is 4. The van der Waals surface area contributed by atoms with Crippen molar-refractivity contribution in [1.82, 2.24) is 30.2 Å². The van der Waals surface area contributed by atoms with E-state index in [1.165, 1.54) is 11.6 Å². The first-order valence-corrected chi connectivity index (χ1v) is 8.84. The zero-order chi connectivity index (χ0) is 19.3. The molecule has 0 saturated carbocycles. The van der Waals surface area contributed by atoms with Crippen molar-refractivity contribution in [3.8, 4) is 0 Å². The zero-order valence-electron chi connectivity index (χ0n) is 14.4. The van der Waals surface area contributed by atoms with Gasteiger partial charge < -0.3 is 10.6 Å². The second-order valence-electron chi connectivity index (χ2n) is 5.64. The molecule has 0 aliphatic rings. The van der Waals surface area contributed by atoms with Crippen molar-refractivity contribution in [1.29, 1.82) is 0 Å². The maximum atomic E-state index is 12.8. The van der Waals surface area contributed by atoms with Crippen molar-refractivity contribution < 1.29 is 13.2 Å². The van der Waals surface area contributed by atoms with Gasteiger partial charge in [0.25, 0.3) is 0 Å². The van der Waals surface area contributed by atoms with Crippen LogP contribution < -0.4 is 10.6 Å². The van der Waals surface area contributed by atoms with Crippen LogP contribution in [0.3, 0.4) is 0 Å². The minimum atomic E-state index is -4.55. The van der Waals surface area contributed by atoms with Crippen LogP contribution in [0.5, 0.6) is 0 Å². The first kappa shape index (κ1) is 20.5. The molecule has 6 nitrogen and oxygen atoms in total. The van der Waals surface area contributed by atoms with Gasteiger partial charge >= 0.3 is 6.18 Å². The fourth-order valence-electron chi connectivity index (χ4n) is 2.27. The van der Waals surface area contributed by atoms with Gasteiger partial charge in [0.2, 0.25) is 0 Å². The van der Waals surface area contributed by atoms with E-state index >= 15 is 0 Å². The number of aromatic nitrogens is 4. The molecule has 0 amide bonds. The molecule has 0 aromatic carbocycles. The van der Waals surface area contributed by atoms with E-state index in [4.69, 9.17) is 23.8 Å². The summed E-state index contributed by atoms with van der Waals surface area (Å²) in [7, 11) is 0. The third-order valence-electron chi connectivity index (χ3n) is 3.70. The lowest BCUT2D eigenvalue weighted by atomic mass is 10.3. The van der Waals surface area contributed by atoms with E-state index in [1.807, 2.05) is 17.8 Å². The zero-order valence-corrected chi connectivity index (χ0v) is 16.0. The molecule has 0 bridgehead atoms. The highest BCUT2D eigenvalue weighted by atomic mass is 35.5. The Balaban J connectivity index is 1.74. The Kier molecular flexibility index (Phi) is 6.87. The Bertz CT molecular complexity index is 755. The number of nitrogens with one attached hydrogen (secondary N) is 2. The summed E-state index contributed by atoms with van der Waals surface area (Å²) in [5.41, 5.74) is 0.263. The summed E-state index contributed by atoms with van der Waals surface area (Å²) in [6.45, 7) is 5.67. The summed E-state index contributed by atoms with van der Waals surface area (Å²) < 4.78 is 41.4. The second kappa shape index (κ2) is 8.72. The SMILES string of the molecule is CCn1cc(CNC(=S)NCCCn2nc(C(F)(F)F)c(Cl)c2C)cn1. The van der Waals surface area contributed by atoms with Crippen molar-refractivity contribution in [3.63, 3.8) is 0 Å². The number of nitrogens with zero attached hydrogens (tertiary/aromatic N) is 4. The molecule has 11 heteroatoms. The van der Waals surface area contributed by atoms with E-state index in [2.05, 4.69) is 20.8 Å². The topological polar surface area (TPSA) is 59.7 Å². The monoisotopic (exact) mass is 408 g/mol. The molecule has 26 heavy (non-hydrogen) atoms.